The second kappa shape index (κ2) is 44.8. The third-order valence-corrected chi connectivity index (χ3v) is 40.6. The minimum absolute atomic E-state index is 0.275. The maximum absolute atomic E-state index is 13.4. The number of ketones is 6. The molecule has 12 nitrogen and oxygen atoms in total. The summed E-state index contributed by atoms with van der Waals surface area (Å²) in [4.78, 5) is 115. The lowest BCUT2D eigenvalue weighted by Gasteiger charge is -2.43. The van der Waals surface area contributed by atoms with E-state index in [1.807, 2.05) is 45.2 Å². The molecule has 12 aromatic rings. The molecule has 0 amide bonds. The summed E-state index contributed by atoms with van der Waals surface area (Å²) in [6, 6.07) is 63.6. The van der Waals surface area contributed by atoms with Gasteiger partial charge in [-0.15, -0.1) is 68.0 Å². The van der Waals surface area contributed by atoms with Crippen molar-refractivity contribution >= 4 is 103 Å². The molecule has 0 fully saturated rings. The number of nitrogens with zero attached hydrogens (tertiary/aromatic N) is 6. The van der Waals surface area contributed by atoms with Gasteiger partial charge >= 0.3 is 0 Å². The van der Waals surface area contributed by atoms with E-state index in [-0.39, 0.29) is 32.5 Å². The van der Waals surface area contributed by atoms with Crippen molar-refractivity contribution in [3.63, 3.8) is 0 Å². The number of aromatic nitrogens is 6. The SMILES string of the molecule is CCC1(c2ccccc2)C2=C(CCCC2=O)Cc2ncsc21.CCC1(c2ccccc2)C2=C(Cc3ncsc31)CC(CC(C)C)CC2=O.CCCC1CC(=O)C2=C(Cc3ncsc3C2(CC)c2ccccc2)C1.CCCC1CC(=O)C2=C(Cc3ncsc3[C@]2(CC)c2ccccc2)C1.CC[C@@]1(c2ccccc2)C2=C(CCCC2=O)Cc2ncsc21.CC[C@@]1(c2ccccc2)C2=C(Cc3ncsc31)CC(CC(C)C)CC2=O. The molecule has 24 rings (SSSR count). The Morgan fingerprint density at radius 3 is 0.637 bits per heavy atom. The lowest BCUT2D eigenvalue weighted by molar-refractivity contribution is -0.118. The second-order valence-electron chi connectivity index (χ2n) is 43.6. The van der Waals surface area contributed by atoms with Crippen LogP contribution in [0, 0.1) is 35.5 Å². The van der Waals surface area contributed by atoms with Gasteiger partial charge in [-0.3, -0.25) is 28.8 Å². The molecule has 12 aliphatic rings. The number of allylic oxidation sites excluding steroid dienone is 12. The molecule has 6 aromatic carbocycles. The van der Waals surface area contributed by atoms with Gasteiger partial charge in [-0.05, 0) is 184 Å². The molecule has 10 atom stereocenters. The van der Waals surface area contributed by atoms with E-state index in [1.165, 1.54) is 130 Å². The average molecular weight is 2050 g/mol. The van der Waals surface area contributed by atoms with Crippen molar-refractivity contribution in [2.24, 2.45) is 35.5 Å². The second-order valence-corrected chi connectivity index (χ2v) is 48.8. The zero-order chi connectivity index (χ0) is 102. The number of carbonyl (C=O) groups excluding carboxylic acids is 6. The molecule has 12 aliphatic carbocycles. The Balaban J connectivity index is 0.000000111. The standard InChI is InChI=1S/2C23H27NOS.2C22H25NOS.2C19H19NOS/c2*1-4-23(18-8-6-5-7-9-18)21-17(13-19-22(23)26-14-24-19)11-16(10-15(2)3)12-20(21)25;2*1-3-8-15-11-16-13-18-21(25-14-23-18)22(4-2,20(16)19(24)12-15)17-9-6-5-7-10-17;2*1-2-19(14-8-4-3-5-9-14)17-13(7-6-10-16(17)21)11-15-18(19)22-12-20-15/h2*5-9,14-16H,4,10-13H2,1-3H3;2*5-7,9-10,14-15H,3-4,8,11-13H2,1-2H3;2*3-5,8-9,12H,2,6-7,10-11H2,1H3/t16?,23-;;15?,22-;;19-;/m1.1.1./s1. The van der Waals surface area contributed by atoms with E-state index in [4.69, 9.17) is 9.97 Å². The van der Waals surface area contributed by atoms with Crippen LogP contribution in [0.2, 0.25) is 0 Å². The normalized spacial score (nSPS) is 25.1. The molecule has 0 N–H and O–H groups in total. The zero-order valence-electron chi connectivity index (χ0n) is 87.5. The number of fused-ring (bicyclic) bond motifs is 6. The number of thiazole rings is 6. The van der Waals surface area contributed by atoms with Crippen LogP contribution in [0.5, 0.6) is 0 Å². The molecular weight excluding hydrogens is 1910 g/mol. The number of Topliss-reactive ketones (excluding diaryl/α,β-unsaturated/α-hetero) is 6. The van der Waals surface area contributed by atoms with Gasteiger partial charge in [-0.25, -0.2) is 29.9 Å². The van der Waals surface area contributed by atoms with Gasteiger partial charge in [0.15, 0.2) is 34.7 Å². The van der Waals surface area contributed by atoms with E-state index in [1.54, 1.807) is 68.0 Å². The smallest absolute Gasteiger partial charge is 0.160 e. The van der Waals surface area contributed by atoms with Crippen LogP contribution in [0.4, 0.5) is 0 Å². The topological polar surface area (TPSA) is 180 Å². The van der Waals surface area contributed by atoms with Crippen molar-refractivity contribution in [3.05, 3.63) is 379 Å². The molecule has 6 heterocycles. The number of hydrogen-bond donors (Lipinski definition) is 0. The first-order valence-corrected chi connectivity index (χ1v) is 59.8. The van der Waals surface area contributed by atoms with Gasteiger partial charge in [0.25, 0.3) is 0 Å². The van der Waals surface area contributed by atoms with Crippen molar-refractivity contribution in [3.8, 4) is 0 Å². The van der Waals surface area contributed by atoms with E-state index in [2.05, 4.69) is 273 Å². The molecule has 0 radical (unpaired) electrons. The predicted molar refractivity (Wildman–Crippen MR) is 600 cm³/mol. The van der Waals surface area contributed by atoms with Crippen LogP contribution in [0.25, 0.3) is 0 Å². The number of hydrogen-bond acceptors (Lipinski definition) is 18. The maximum atomic E-state index is 13.4. The summed E-state index contributed by atoms with van der Waals surface area (Å²) in [5.74, 6) is 5.51. The Hall–Kier alpha value is -10.4. The van der Waals surface area contributed by atoms with Crippen LogP contribution < -0.4 is 0 Å². The average Bonchev–Trinajstić information content (AvgIpc) is 0.975. The van der Waals surface area contributed by atoms with Crippen molar-refractivity contribution < 1.29 is 28.8 Å². The first kappa shape index (κ1) is 104. The maximum Gasteiger partial charge on any atom is 0.160 e. The Morgan fingerprint density at radius 1 is 0.247 bits per heavy atom. The minimum atomic E-state index is -0.300. The third kappa shape index (κ3) is 18.8. The van der Waals surface area contributed by atoms with Gasteiger partial charge in [0.1, 0.15) is 0 Å². The predicted octanol–water partition coefficient (Wildman–Crippen LogP) is 31.3. The quantitative estimate of drug-likeness (QED) is 0.0706. The largest absolute Gasteiger partial charge is 0.295 e. The van der Waals surface area contributed by atoms with Crippen LogP contribution >= 0.6 is 68.0 Å². The third-order valence-electron chi connectivity index (χ3n) is 34.4. The lowest BCUT2D eigenvalue weighted by atomic mass is 9.60. The van der Waals surface area contributed by atoms with Gasteiger partial charge in [-0.2, -0.15) is 0 Å². The van der Waals surface area contributed by atoms with Gasteiger partial charge in [0.2, 0.25) is 0 Å². The highest BCUT2D eigenvalue weighted by molar-refractivity contribution is 7.11. The Labute approximate surface area is 889 Å². The van der Waals surface area contributed by atoms with E-state index >= 15 is 0 Å². The van der Waals surface area contributed by atoms with Crippen molar-refractivity contribution in [1.82, 2.24) is 29.9 Å². The Morgan fingerprint density at radius 2 is 0.438 bits per heavy atom. The van der Waals surface area contributed by atoms with E-state index in [9.17, 15) is 28.8 Å². The molecule has 756 valence electrons. The number of benzene rings is 6. The monoisotopic (exact) mass is 2050 g/mol. The first-order valence-electron chi connectivity index (χ1n) is 54.5. The number of carbonyl (C=O) groups is 6. The molecule has 0 bridgehead atoms. The molecule has 18 heteroatoms. The molecular formula is C128H142N6O6S6. The van der Waals surface area contributed by atoms with Crippen LogP contribution in [0.1, 0.15) is 347 Å². The van der Waals surface area contributed by atoms with Gasteiger partial charge < -0.3 is 0 Å². The Bertz CT molecular complexity index is 6580. The van der Waals surface area contributed by atoms with Crippen LogP contribution in [-0.4, -0.2) is 64.6 Å². The van der Waals surface area contributed by atoms with Crippen molar-refractivity contribution in [1.29, 1.82) is 0 Å². The molecule has 6 aromatic heterocycles. The fourth-order valence-electron chi connectivity index (χ4n) is 28.9. The highest BCUT2D eigenvalue weighted by Crippen LogP contribution is 2.61. The van der Waals surface area contributed by atoms with Crippen molar-refractivity contribution in [2.75, 3.05) is 0 Å². The summed E-state index contributed by atoms with van der Waals surface area (Å²) in [5, 5.41) is 0. The Kier molecular flexibility index (Phi) is 31.9. The van der Waals surface area contributed by atoms with Gasteiger partial charge in [0.05, 0.1) is 99.7 Å². The molecule has 7 unspecified atom stereocenters. The number of rotatable bonds is 20. The van der Waals surface area contributed by atoms with Crippen molar-refractivity contribution in [2.45, 2.75) is 321 Å². The summed E-state index contributed by atoms with van der Waals surface area (Å²) in [6.07, 6.45) is 30.1. The highest BCUT2D eigenvalue weighted by atomic mass is 32.1. The summed E-state index contributed by atoms with van der Waals surface area (Å²) in [5.41, 5.74) is 39.3. The summed E-state index contributed by atoms with van der Waals surface area (Å²) < 4.78 is 0. The first-order chi connectivity index (χ1) is 71.1. The van der Waals surface area contributed by atoms with E-state index in [0.29, 0.717) is 95.9 Å². The lowest BCUT2D eigenvalue weighted by Crippen LogP contribution is -2.40. The fourth-order valence-corrected chi connectivity index (χ4v) is 35.5. The molecule has 0 aliphatic heterocycles. The molecule has 0 saturated heterocycles. The summed E-state index contributed by atoms with van der Waals surface area (Å²) >= 11 is 10.3. The molecule has 146 heavy (non-hydrogen) atoms. The van der Waals surface area contributed by atoms with E-state index < -0.39 is 0 Å². The summed E-state index contributed by atoms with van der Waals surface area (Å²) in [6.45, 7) is 26.8. The van der Waals surface area contributed by atoms with Crippen LogP contribution in [-0.2, 0) is 99.8 Å². The van der Waals surface area contributed by atoms with Crippen LogP contribution in [0.15, 0.2) is 282 Å². The fraction of sp³-hybridized carbons (Fsp3) is 0.438. The minimum Gasteiger partial charge on any atom is -0.295 e. The highest BCUT2D eigenvalue weighted by Gasteiger charge is 2.56. The molecule has 0 saturated carbocycles. The van der Waals surface area contributed by atoms with E-state index in [0.717, 1.165) is 213 Å². The van der Waals surface area contributed by atoms with Crippen LogP contribution in [0.3, 0.4) is 0 Å². The summed E-state index contributed by atoms with van der Waals surface area (Å²) in [7, 11) is 0. The van der Waals surface area contributed by atoms with Gasteiger partial charge in [-0.1, -0.05) is 311 Å². The van der Waals surface area contributed by atoms with Gasteiger partial charge in [0, 0.05) is 140 Å². The molecule has 0 spiro atoms. The zero-order valence-corrected chi connectivity index (χ0v) is 92.4.